The molecule has 1 unspecified atom stereocenters. The zero-order valence-corrected chi connectivity index (χ0v) is 12.4. The number of nitrogens with one attached hydrogen (secondary N) is 1. The number of carbonyl (C=O) groups is 1. The van der Waals surface area contributed by atoms with Gasteiger partial charge in [0.05, 0.1) is 11.3 Å². The second-order valence-electron chi connectivity index (χ2n) is 5.85. The van der Waals surface area contributed by atoms with Crippen molar-refractivity contribution in [2.24, 2.45) is 0 Å². The van der Waals surface area contributed by atoms with Crippen molar-refractivity contribution in [3.8, 4) is 0 Å². The van der Waals surface area contributed by atoms with Crippen molar-refractivity contribution >= 4 is 11.6 Å². The van der Waals surface area contributed by atoms with Gasteiger partial charge in [-0.25, -0.2) is 4.39 Å². The van der Waals surface area contributed by atoms with Crippen molar-refractivity contribution in [1.29, 1.82) is 0 Å². The van der Waals surface area contributed by atoms with Crippen molar-refractivity contribution in [2.75, 3.05) is 38.5 Å². The van der Waals surface area contributed by atoms with E-state index in [1.54, 1.807) is 19.2 Å². The van der Waals surface area contributed by atoms with Crippen molar-refractivity contribution in [2.45, 2.75) is 25.3 Å². The molecule has 2 fully saturated rings. The van der Waals surface area contributed by atoms with E-state index < -0.39 is 0 Å². The van der Waals surface area contributed by atoms with Crippen molar-refractivity contribution in [3.05, 3.63) is 29.6 Å². The molecule has 0 bridgehead atoms. The number of benzene rings is 1. The maximum Gasteiger partial charge on any atom is 0.256 e. The van der Waals surface area contributed by atoms with Crippen LogP contribution in [0.2, 0.25) is 0 Å². The van der Waals surface area contributed by atoms with Gasteiger partial charge in [-0.05, 0) is 37.9 Å². The quantitative estimate of drug-likeness (QED) is 0.907. The highest BCUT2D eigenvalue weighted by atomic mass is 19.1. The van der Waals surface area contributed by atoms with Crippen LogP contribution < -0.4 is 5.32 Å². The van der Waals surface area contributed by atoms with Gasteiger partial charge in [0.2, 0.25) is 0 Å². The average molecular weight is 291 g/mol. The zero-order valence-electron chi connectivity index (χ0n) is 12.4. The highest BCUT2D eigenvalue weighted by Crippen LogP contribution is 2.25. The molecule has 0 saturated carbocycles. The highest BCUT2D eigenvalue weighted by Gasteiger charge is 2.31. The van der Waals surface area contributed by atoms with Gasteiger partial charge in [0, 0.05) is 32.7 Å². The van der Waals surface area contributed by atoms with Crippen LogP contribution in [0.1, 0.15) is 29.6 Å². The van der Waals surface area contributed by atoms with Crippen molar-refractivity contribution in [3.63, 3.8) is 0 Å². The Bertz CT molecular complexity index is 534. The summed E-state index contributed by atoms with van der Waals surface area (Å²) in [6.07, 6.45) is 3.37. The van der Waals surface area contributed by atoms with Crippen LogP contribution in [0.5, 0.6) is 0 Å². The Labute approximate surface area is 124 Å². The lowest BCUT2D eigenvalue weighted by Crippen LogP contribution is -2.39. The van der Waals surface area contributed by atoms with Crippen molar-refractivity contribution < 1.29 is 9.18 Å². The maximum absolute atomic E-state index is 13.8. The number of halogens is 1. The second-order valence-corrected chi connectivity index (χ2v) is 5.85. The summed E-state index contributed by atoms with van der Waals surface area (Å²) in [4.78, 5) is 17.2. The van der Waals surface area contributed by atoms with E-state index in [1.165, 1.54) is 12.5 Å². The van der Waals surface area contributed by atoms with E-state index in [4.69, 9.17) is 0 Å². The Morgan fingerprint density at radius 3 is 2.90 bits per heavy atom. The van der Waals surface area contributed by atoms with Crippen LogP contribution in [-0.2, 0) is 0 Å². The van der Waals surface area contributed by atoms with Gasteiger partial charge < -0.3 is 10.2 Å². The molecule has 4 nitrogen and oxygen atoms in total. The van der Waals surface area contributed by atoms with E-state index in [0.29, 0.717) is 17.3 Å². The Hall–Kier alpha value is -1.62. The Balaban J connectivity index is 1.83. The predicted molar refractivity (Wildman–Crippen MR) is 81.1 cm³/mol. The minimum absolute atomic E-state index is 0.0624. The number of para-hydroxylation sites is 1. The minimum atomic E-state index is -0.374. The molecule has 1 atom stereocenters. The van der Waals surface area contributed by atoms with Crippen LogP contribution >= 0.6 is 0 Å². The number of hydrogen-bond acceptors (Lipinski definition) is 3. The summed E-state index contributed by atoms with van der Waals surface area (Å²) in [5.74, 6) is -0.437. The number of rotatable bonds is 2. The van der Waals surface area contributed by atoms with Gasteiger partial charge >= 0.3 is 0 Å². The Morgan fingerprint density at radius 2 is 2.10 bits per heavy atom. The molecule has 1 aromatic rings. The molecule has 1 amide bonds. The second kappa shape index (κ2) is 6.02. The fourth-order valence-electron chi connectivity index (χ4n) is 3.52. The molecule has 2 saturated heterocycles. The molecular weight excluding hydrogens is 269 g/mol. The molecule has 2 aliphatic rings. The van der Waals surface area contributed by atoms with Gasteiger partial charge in [-0.3, -0.25) is 9.69 Å². The van der Waals surface area contributed by atoms with Crippen LogP contribution in [0.3, 0.4) is 0 Å². The Morgan fingerprint density at radius 1 is 1.29 bits per heavy atom. The van der Waals surface area contributed by atoms with Gasteiger partial charge in [0.1, 0.15) is 5.82 Å². The first kappa shape index (κ1) is 14.3. The van der Waals surface area contributed by atoms with Gasteiger partial charge in [-0.2, -0.15) is 0 Å². The summed E-state index contributed by atoms with van der Waals surface area (Å²) in [6, 6.07) is 5.16. The molecule has 0 spiro atoms. The largest absolute Gasteiger partial charge is 0.385 e. The molecule has 3 rings (SSSR count). The van der Waals surface area contributed by atoms with Crippen LogP contribution in [0.25, 0.3) is 0 Å². The zero-order chi connectivity index (χ0) is 14.8. The fourth-order valence-corrected chi connectivity index (χ4v) is 3.52. The minimum Gasteiger partial charge on any atom is -0.385 e. The average Bonchev–Trinajstić information content (AvgIpc) is 2.83. The number of fused-ring (bicyclic) bond motifs is 1. The number of nitrogens with zero attached hydrogens (tertiary/aromatic N) is 2. The smallest absolute Gasteiger partial charge is 0.256 e. The highest BCUT2D eigenvalue weighted by molar-refractivity contribution is 5.99. The molecule has 0 aliphatic carbocycles. The third kappa shape index (κ3) is 2.75. The van der Waals surface area contributed by atoms with Gasteiger partial charge in [0.15, 0.2) is 0 Å². The standard InChI is InChI=1S/C16H22FN3O/c1-18-15-13(6-2-7-14(15)17)16(21)20-10-4-9-19-8-3-5-12(19)11-20/h2,6-7,12,18H,3-5,8-11H2,1H3. The van der Waals surface area contributed by atoms with E-state index in [9.17, 15) is 9.18 Å². The van der Waals surface area contributed by atoms with E-state index in [1.807, 2.05) is 4.90 Å². The van der Waals surface area contributed by atoms with Crippen LogP contribution in [0.15, 0.2) is 18.2 Å². The first-order valence-electron chi connectivity index (χ1n) is 7.70. The number of anilines is 1. The molecule has 21 heavy (non-hydrogen) atoms. The summed E-state index contributed by atoms with van der Waals surface area (Å²) in [5.41, 5.74) is 0.735. The van der Waals surface area contributed by atoms with Crippen LogP contribution in [0, 0.1) is 5.82 Å². The van der Waals surface area contributed by atoms with Gasteiger partial charge in [0.25, 0.3) is 5.91 Å². The fraction of sp³-hybridized carbons (Fsp3) is 0.562. The first-order chi connectivity index (χ1) is 10.2. The topological polar surface area (TPSA) is 35.6 Å². The number of carbonyl (C=O) groups excluding carboxylic acids is 1. The van der Waals surface area contributed by atoms with E-state index >= 15 is 0 Å². The van der Waals surface area contributed by atoms with E-state index in [2.05, 4.69) is 10.2 Å². The molecule has 1 N–H and O–H groups in total. The van der Waals surface area contributed by atoms with E-state index in [-0.39, 0.29) is 11.7 Å². The number of hydrogen-bond donors (Lipinski definition) is 1. The summed E-state index contributed by atoms with van der Waals surface area (Å²) in [5, 5.41) is 2.81. The lowest BCUT2D eigenvalue weighted by Gasteiger charge is -2.26. The van der Waals surface area contributed by atoms with E-state index in [0.717, 1.165) is 39.0 Å². The lowest BCUT2D eigenvalue weighted by atomic mass is 10.1. The molecule has 5 heteroatoms. The van der Waals surface area contributed by atoms with Gasteiger partial charge in [-0.1, -0.05) is 6.07 Å². The molecule has 0 aromatic heterocycles. The van der Waals surface area contributed by atoms with Crippen LogP contribution in [0.4, 0.5) is 10.1 Å². The summed E-state index contributed by atoms with van der Waals surface area (Å²) < 4.78 is 13.8. The third-order valence-electron chi connectivity index (χ3n) is 4.58. The van der Waals surface area contributed by atoms with Gasteiger partial charge in [-0.15, -0.1) is 0 Å². The predicted octanol–water partition coefficient (Wildman–Crippen LogP) is 2.18. The summed E-state index contributed by atoms with van der Waals surface area (Å²) >= 11 is 0. The molecule has 2 aliphatic heterocycles. The third-order valence-corrected chi connectivity index (χ3v) is 4.58. The lowest BCUT2D eigenvalue weighted by molar-refractivity contribution is 0.0744. The molecule has 114 valence electrons. The molecule has 2 heterocycles. The molecule has 1 aromatic carbocycles. The van der Waals surface area contributed by atoms with Crippen LogP contribution in [-0.4, -0.2) is 55.0 Å². The molecular formula is C16H22FN3O. The molecule has 0 radical (unpaired) electrons. The first-order valence-corrected chi connectivity index (χ1v) is 7.70. The maximum atomic E-state index is 13.8. The SMILES string of the molecule is CNc1c(F)cccc1C(=O)N1CCCN2CCCC2C1. The number of amides is 1. The normalized spacial score (nSPS) is 22.8. The van der Waals surface area contributed by atoms with Crippen molar-refractivity contribution in [1.82, 2.24) is 9.80 Å². The summed E-state index contributed by atoms with van der Waals surface area (Å²) in [7, 11) is 1.65. The summed E-state index contributed by atoms with van der Waals surface area (Å²) in [6.45, 7) is 3.73. The monoisotopic (exact) mass is 291 g/mol. The Kier molecular flexibility index (Phi) is 4.10.